The number of benzene rings is 2. The molecule has 5 nitrogen and oxygen atoms in total. The van der Waals surface area contributed by atoms with Gasteiger partial charge in [0.05, 0.1) is 24.8 Å². The number of anilines is 2. The molecule has 0 aromatic heterocycles. The minimum atomic E-state index is -4.42. The normalized spacial score (nSPS) is 10.9. The molecule has 0 spiro atoms. The lowest BCUT2D eigenvalue weighted by molar-refractivity contribution is -0.137. The molecular weight excluding hydrogens is 337 g/mol. The molecule has 1 amide bonds. The molecule has 0 saturated carbocycles. The molecule has 0 fully saturated rings. The second-order valence-electron chi connectivity index (χ2n) is 5.05. The lowest BCUT2D eigenvalue weighted by Gasteiger charge is -2.10. The summed E-state index contributed by atoms with van der Waals surface area (Å²) in [5, 5.41) is 5.30. The van der Waals surface area contributed by atoms with Gasteiger partial charge in [-0.3, -0.25) is 4.79 Å². The Hall–Kier alpha value is -3.03. The van der Waals surface area contributed by atoms with Gasteiger partial charge in [0.1, 0.15) is 0 Å². The van der Waals surface area contributed by atoms with Crippen molar-refractivity contribution in [2.24, 2.45) is 0 Å². The number of halogens is 3. The van der Waals surface area contributed by atoms with Gasteiger partial charge < -0.3 is 15.4 Å². The zero-order chi connectivity index (χ0) is 18.4. The van der Waals surface area contributed by atoms with Crippen molar-refractivity contribution in [1.29, 1.82) is 0 Å². The molecule has 2 N–H and O–H groups in total. The van der Waals surface area contributed by atoms with Gasteiger partial charge in [0.2, 0.25) is 5.91 Å². The summed E-state index contributed by atoms with van der Waals surface area (Å²) >= 11 is 0. The van der Waals surface area contributed by atoms with Crippen LogP contribution in [0.15, 0.2) is 48.5 Å². The van der Waals surface area contributed by atoms with Crippen LogP contribution in [-0.2, 0) is 15.7 Å². The highest BCUT2D eigenvalue weighted by molar-refractivity contribution is 5.94. The number of rotatable bonds is 5. The van der Waals surface area contributed by atoms with E-state index in [4.69, 9.17) is 0 Å². The maximum absolute atomic E-state index is 12.5. The Kier molecular flexibility index (Phi) is 5.63. The number of carbonyl (C=O) groups is 2. The first-order chi connectivity index (χ1) is 11.8. The second-order valence-corrected chi connectivity index (χ2v) is 5.05. The van der Waals surface area contributed by atoms with Gasteiger partial charge in [0.25, 0.3) is 0 Å². The molecule has 0 unspecified atom stereocenters. The number of hydrogen-bond acceptors (Lipinski definition) is 4. The van der Waals surface area contributed by atoms with E-state index in [9.17, 15) is 22.8 Å². The third-order valence-electron chi connectivity index (χ3n) is 3.23. The molecule has 0 atom stereocenters. The van der Waals surface area contributed by atoms with E-state index in [0.29, 0.717) is 11.3 Å². The molecule has 8 heteroatoms. The summed E-state index contributed by atoms with van der Waals surface area (Å²) in [6.07, 6.45) is -4.42. The zero-order valence-corrected chi connectivity index (χ0v) is 13.2. The van der Waals surface area contributed by atoms with E-state index in [1.165, 1.54) is 25.3 Å². The van der Waals surface area contributed by atoms with Gasteiger partial charge in [-0.15, -0.1) is 0 Å². The predicted octanol–water partition coefficient (Wildman–Crippen LogP) is 3.54. The van der Waals surface area contributed by atoms with Crippen molar-refractivity contribution in [3.63, 3.8) is 0 Å². The smallest absolute Gasteiger partial charge is 0.416 e. The Labute approximate surface area is 141 Å². The lowest BCUT2D eigenvalue weighted by Crippen LogP contribution is -2.22. The molecule has 0 aliphatic carbocycles. The van der Waals surface area contributed by atoms with E-state index in [2.05, 4.69) is 15.4 Å². The first-order valence-electron chi connectivity index (χ1n) is 7.19. The maximum atomic E-state index is 12.5. The van der Waals surface area contributed by atoms with Crippen LogP contribution in [0.3, 0.4) is 0 Å². The van der Waals surface area contributed by atoms with Gasteiger partial charge in [-0.1, -0.05) is 6.07 Å². The van der Waals surface area contributed by atoms with Gasteiger partial charge >= 0.3 is 12.1 Å². The van der Waals surface area contributed by atoms with Gasteiger partial charge in [-0.25, -0.2) is 4.79 Å². The third kappa shape index (κ3) is 5.23. The number of alkyl halides is 3. The van der Waals surface area contributed by atoms with Crippen molar-refractivity contribution >= 4 is 23.3 Å². The van der Waals surface area contributed by atoms with Crippen molar-refractivity contribution in [2.45, 2.75) is 6.18 Å². The Morgan fingerprint density at radius 1 is 1.04 bits per heavy atom. The van der Waals surface area contributed by atoms with Gasteiger partial charge in [0, 0.05) is 11.4 Å². The molecule has 2 rings (SSSR count). The fraction of sp³-hybridized carbons (Fsp3) is 0.176. The largest absolute Gasteiger partial charge is 0.465 e. The number of esters is 1. The fourth-order valence-electron chi connectivity index (χ4n) is 2.00. The summed E-state index contributed by atoms with van der Waals surface area (Å²) in [4.78, 5) is 23.3. The quantitative estimate of drug-likeness (QED) is 0.808. The molecule has 0 heterocycles. The standard InChI is InChI=1S/C17H15F3N2O3/c1-25-16(24)11-3-2-4-14(9-11)21-10-15(23)22-13-7-5-12(6-8-13)17(18,19)20/h2-9,21H,10H2,1H3,(H,22,23). The SMILES string of the molecule is COC(=O)c1cccc(NCC(=O)Nc2ccc(C(F)(F)F)cc2)c1. The average molecular weight is 352 g/mol. The third-order valence-corrected chi connectivity index (χ3v) is 3.23. The van der Waals surface area contributed by atoms with Crippen molar-refractivity contribution < 1.29 is 27.5 Å². The number of carbonyl (C=O) groups excluding carboxylic acids is 2. The number of amides is 1. The highest BCUT2D eigenvalue weighted by atomic mass is 19.4. The molecule has 2 aromatic rings. The highest BCUT2D eigenvalue weighted by Gasteiger charge is 2.29. The van der Waals surface area contributed by atoms with Crippen molar-refractivity contribution in [1.82, 2.24) is 0 Å². The Bertz CT molecular complexity index is 758. The molecule has 132 valence electrons. The van der Waals surface area contributed by atoms with Crippen LogP contribution >= 0.6 is 0 Å². The molecule has 0 saturated heterocycles. The Balaban J connectivity index is 1.92. The van der Waals surface area contributed by atoms with E-state index in [0.717, 1.165) is 12.1 Å². The van der Waals surface area contributed by atoms with Crippen molar-refractivity contribution in [3.8, 4) is 0 Å². The van der Waals surface area contributed by atoms with Crippen molar-refractivity contribution in [2.75, 3.05) is 24.3 Å². The van der Waals surface area contributed by atoms with Crippen LogP contribution in [0, 0.1) is 0 Å². The van der Waals surface area contributed by atoms with E-state index in [-0.39, 0.29) is 12.2 Å². The van der Waals surface area contributed by atoms with Crippen molar-refractivity contribution in [3.05, 3.63) is 59.7 Å². The highest BCUT2D eigenvalue weighted by Crippen LogP contribution is 2.29. The summed E-state index contributed by atoms with van der Waals surface area (Å²) in [5.41, 5.74) is 0.326. The first-order valence-corrected chi connectivity index (χ1v) is 7.19. The molecule has 0 aliphatic heterocycles. The van der Waals surface area contributed by atoms with Gasteiger partial charge in [0.15, 0.2) is 0 Å². The molecule has 0 radical (unpaired) electrons. The van der Waals surface area contributed by atoms with Crippen LogP contribution in [0.2, 0.25) is 0 Å². The van der Waals surface area contributed by atoms with Crippen LogP contribution in [0.5, 0.6) is 0 Å². The van der Waals surface area contributed by atoms with Crippen LogP contribution < -0.4 is 10.6 Å². The Morgan fingerprint density at radius 3 is 2.32 bits per heavy atom. The zero-order valence-electron chi connectivity index (χ0n) is 13.2. The summed E-state index contributed by atoms with van der Waals surface area (Å²) in [7, 11) is 1.26. The minimum absolute atomic E-state index is 0.119. The molecule has 2 aromatic carbocycles. The monoisotopic (exact) mass is 352 g/mol. The average Bonchev–Trinajstić information content (AvgIpc) is 2.59. The topological polar surface area (TPSA) is 67.4 Å². The predicted molar refractivity (Wildman–Crippen MR) is 86.3 cm³/mol. The molecular formula is C17H15F3N2O3. The maximum Gasteiger partial charge on any atom is 0.416 e. The van der Waals surface area contributed by atoms with Crippen LogP contribution in [0.4, 0.5) is 24.5 Å². The number of hydrogen-bond donors (Lipinski definition) is 2. The number of ether oxygens (including phenoxy) is 1. The summed E-state index contributed by atoms with van der Waals surface area (Å²) < 4.78 is 42.0. The van der Waals surface area contributed by atoms with E-state index < -0.39 is 23.6 Å². The first kappa shape index (κ1) is 18.3. The van der Waals surface area contributed by atoms with Crippen LogP contribution in [0.1, 0.15) is 15.9 Å². The Morgan fingerprint density at radius 2 is 1.72 bits per heavy atom. The van der Waals surface area contributed by atoms with Crippen LogP contribution in [-0.4, -0.2) is 25.5 Å². The second kappa shape index (κ2) is 7.69. The molecule has 25 heavy (non-hydrogen) atoms. The van der Waals surface area contributed by atoms with Gasteiger partial charge in [-0.05, 0) is 42.5 Å². The number of methoxy groups -OCH3 is 1. The van der Waals surface area contributed by atoms with Crippen LogP contribution in [0.25, 0.3) is 0 Å². The number of nitrogens with one attached hydrogen (secondary N) is 2. The minimum Gasteiger partial charge on any atom is -0.465 e. The summed E-state index contributed by atoms with van der Waals surface area (Å²) in [5.74, 6) is -0.943. The summed E-state index contributed by atoms with van der Waals surface area (Å²) in [6, 6.07) is 10.5. The van der Waals surface area contributed by atoms with E-state index in [1.807, 2.05) is 0 Å². The molecule has 0 aliphatic rings. The summed E-state index contributed by atoms with van der Waals surface area (Å²) in [6.45, 7) is -0.119. The van der Waals surface area contributed by atoms with Gasteiger partial charge in [-0.2, -0.15) is 13.2 Å². The fourth-order valence-corrected chi connectivity index (χ4v) is 2.00. The lowest BCUT2D eigenvalue weighted by atomic mass is 10.2. The van der Waals surface area contributed by atoms with E-state index in [1.54, 1.807) is 18.2 Å². The molecule has 0 bridgehead atoms. The van der Waals surface area contributed by atoms with E-state index >= 15 is 0 Å².